The minimum Gasteiger partial charge on any atom is -0.466 e. The number of carbonyl (C=O) groups excluding carboxylic acids is 1. The lowest BCUT2D eigenvalue weighted by Gasteiger charge is -2.37. The Hall–Kier alpha value is -2.44. The molecule has 1 saturated heterocycles. The Bertz CT molecular complexity index is 757. The second kappa shape index (κ2) is 9.17. The number of carbonyl (C=O) groups is 1. The molecule has 0 bridgehead atoms. The van der Waals surface area contributed by atoms with Gasteiger partial charge in [0.2, 0.25) is 6.19 Å². The molecule has 0 spiro atoms. The number of fused-ring (bicyclic) bond motifs is 1. The molecule has 2 unspecified atom stereocenters. The van der Waals surface area contributed by atoms with Crippen LogP contribution in [0.4, 0.5) is 0 Å². The van der Waals surface area contributed by atoms with Gasteiger partial charge >= 0.3 is 5.97 Å². The van der Waals surface area contributed by atoms with Crippen LogP contribution in [0.15, 0.2) is 30.3 Å². The van der Waals surface area contributed by atoms with Crippen LogP contribution in [-0.4, -0.2) is 62.2 Å². The summed E-state index contributed by atoms with van der Waals surface area (Å²) in [7, 11) is 1.86. The standard InChI is InChI=1S/C20H26N4O4/c1-3-26-19(25)12-20(9-8-16-6-4-5-7-17(16)20)24(14-21)28-15-23(2)18-13-22-10-11-27-18/h4-9,18,22H,3,10-13,15H2,1-2H3. The fraction of sp³-hybridized carbons (Fsp3) is 0.500. The summed E-state index contributed by atoms with van der Waals surface area (Å²) in [6.07, 6.45) is 5.68. The van der Waals surface area contributed by atoms with Crippen molar-refractivity contribution in [2.24, 2.45) is 0 Å². The summed E-state index contributed by atoms with van der Waals surface area (Å²) in [6.45, 7) is 4.31. The number of likely N-dealkylation sites (N-methyl/N-ethyl adjacent to an activating group) is 1. The largest absolute Gasteiger partial charge is 0.466 e. The first-order valence-electron chi connectivity index (χ1n) is 9.40. The third-order valence-corrected chi connectivity index (χ3v) is 4.93. The van der Waals surface area contributed by atoms with Crippen LogP contribution < -0.4 is 5.32 Å². The van der Waals surface area contributed by atoms with Crippen molar-refractivity contribution in [1.29, 1.82) is 5.26 Å². The highest BCUT2D eigenvalue weighted by Gasteiger charge is 2.44. The molecule has 2 aliphatic rings. The number of ether oxygens (including phenoxy) is 2. The predicted molar refractivity (Wildman–Crippen MR) is 102 cm³/mol. The third kappa shape index (κ3) is 4.18. The number of nitrogens with zero attached hydrogens (tertiary/aromatic N) is 3. The number of hydrogen-bond acceptors (Lipinski definition) is 8. The minimum absolute atomic E-state index is 0.0207. The summed E-state index contributed by atoms with van der Waals surface area (Å²) in [5.74, 6) is -0.388. The number of nitriles is 1. The fourth-order valence-electron chi connectivity index (χ4n) is 3.49. The Morgan fingerprint density at radius 2 is 2.29 bits per heavy atom. The van der Waals surface area contributed by atoms with Gasteiger partial charge in [0.25, 0.3) is 0 Å². The van der Waals surface area contributed by atoms with Crippen LogP contribution in [0.1, 0.15) is 24.5 Å². The van der Waals surface area contributed by atoms with Crippen molar-refractivity contribution < 1.29 is 19.1 Å². The third-order valence-electron chi connectivity index (χ3n) is 4.93. The van der Waals surface area contributed by atoms with Crippen molar-refractivity contribution in [1.82, 2.24) is 15.3 Å². The first-order valence-corrected chi connectivity index (χ1v) is 9.40. The van der Waals surface area contributed by atoms with E-state index in [-0.39, 0.29) is 32.0 Å². The molecule has 3 rings (SSSR count). The number of hydrogen-bond donors (Lipinski definition) is 1. The molecule has 1 aromatic rings. The second-order valence-corrected chi connectivity index (χ2v) is 6.77. The lowest BCUT2D eigenvalue weighted by atomic mass is 9.88. The molecule has 8 heteroatoms. The molecule has 1 fully saturated rings. The molecular weight excluding hydrogens is 360 g/mol. The minimum atomic E-state index is -1.04. The first kappa shape index (κ1) is 20.3. The van der Waals surface area contributed by atoms with E-state index in [1.807, 2.05) is 48.4 Å². The van der Waals surface area contributed by atoms with Gasteiger partial charge in [0.1, 0.15) is 18.5 Å². The number of hydroxylamine groups is 2. The Balaban J connectivity index is 1.79. The molecule has 0 aromatic heterocycles. The maximum Gasteiger partial charge on any atom is 0.308 e. The number of rotatable bonds is 8. The lowest BCUT2D eigenvalue weighted by Crippen LogP contribution is -2.50. The topological polar surface area (TPSA) is 87.1 Å². The van der Waals surface area contributed by atoms with Crippen molar-refractivity contribution in [2.75, 3.05) is 40.1 Å². The second-order valence-electron chi connectivity index (χ2n) is 6.77. The van der Waals surface area contributed by atoms with Crippen LogP contribution in [0.5, 0.6) is 0 Å². The number of benzene rings is 1. The number of nitrogens with one attached hydrogen (secondary N) is 1. The molecule has 8 nitrogen and oxygen atoms in total. The molecule has 150 valence electrons. The fourth-order valence-corrected chi connectivity index (χ4v) is 3.49. The average Bonchev–Trinajstić information content (AvgIpc) is 3.08. The Morgan fingerprint density at radius 3 is 3.00 bits per heavy atom. The zero-order valence-corrected chi connectivity index (χ0v) is 16.3. The van der Waals surface area contributed by atoms with Crippen LogP contribution in [0.25, 0.3) is 6.08 Å². The molecule has 0 saturated carbocycles. The Morgan fingerprint density at radius 1 is 1.46 bits per heavy atom. The van der Waals surface area contributed by atoms with Gasteiger partial charge in [-0.05, 0) is 25.1 Å². The summed E-state index contributed by atoms with van der Waals surface area (Å²) in [5, 5.41) is 14.3. The van der Waals surface area contributed by atoms with E-state index in [1.165, 1.54) is 5.06 Å². The zero-order chi connectivity index (χ0) is 20.0. The normalized spacial score (nSPS) is 23.3. The lowest BCUT2D eigenvalue weighted by molar-refractivity contribution is -0.221. The van der Waals surface area contributed by atoms with Crippen molar-refractivity contribution in [3.05, 3.63) is 41.5 Å². The van der Waals surface area contributed by atoms with Crippen molar-refractivity contribution in [3.63, 3.8) is 0 Å². The summed E-state index contributed by atoms with van der Waals surface area (Å²) < 4.78 is 10.9. The van der Waals surface area contributed by atoms with Gasteiger partial charge in [0, 0.05) is 13.1 Å². The van der Waals surface area contributed by atoms with E-state index < -0.39 is 5.54 Å². The van der Waals surface area contributed by atoms with Gasteiger partial charge in [-0.1, -0.05) is 36.4 Å². The van der Waals surface area contributed by atoms with Gasteiger partial charge in [-0.3, -0.25) is 9.69 Å². The van der Waals surface area contributed by atoms with Gasteiger partial charge in [0.15, 0.2) is 0 Å². The van der Waals surface area contributed by atoms with Crippen LogP contribution in [-0.2, 0) is 24.6 Å². The monoisotopic (exact) mass is 386 g/mol. The molecule has 1 N–H and O–H groups in total. The molecule has 1 aromatic carbocycles. The van der Waals surface area contributed by atoms with Gasteiger partial charge < -0.3 is 14.8 Å². The van der Waals surface area contributed by atoms with Gasteiger partial charge in [-0.2, -0.15) is 10.3 Å². The zero-order valence-electron chi connectivity index (χ0n) is 16.3. The van der Waals surface area contributed by atoms with Crippen LogP contribution in [0, 0.1) is 11.5 Å². The highest BCUT2D eigenvalue weighted by atomic mass is 16.7. The maximum absolute atomic E-state index is 12.3. The van der Waals surface area contributed by atoms with Crippen molar-refractivity contribution in [2.45, 2.75) is 25.1 Å². The van der Waals surface area contributed by atoms with Gasteiger partial charge in [0.05, 0.1) is 19.6 Å². The molecule has 0 amide bonds. The van der Waals surface area contributed by atoms with Crippen LogP contribution in [0.2, 0.25) is 0 Å². The van der Waals surface area contributed by atoms with E-state index in [2.05, 4.69) is 11.5 Å². The van der Waals surface area contributed by atoms with E-state index in [1.54, 1.807) is 6.92 Å². The summed E-state index contributed by atoms with van der Waals surface area (Å²) >= 11 is 0. The molecule has 28 heavy (non-hydrogen) atoms. The van der Waals surface area contributed by atoms with E-state index in [4.69, 9.17) is 14.3 Å². The SMILES string of the molecule is CCOC(=O)CC1(N(C#N)OCN(C)C2CNCCO2)C=Cc2ccccc21. The first-order chi connectivity index (χ1) is 13.6. The van der Waals surface area contributed by atoms with Gasteiger partial charge in [-0.25, -0.2) is 4.84 Å². The number of esters is 1. The van der Waals surface area contributed by atoms with E-state index in [0.717, 1.165) is 17.7 Å². The summed E-state index contributed by atoms with van der Waals surface area (Å²) in [4.78, 5) is 20.1. The molecule has 2 atom stereocenters. The van der Waals surface area contributed by atoms with Crippen molar-refractivity contribution >= 4 is 12.0 Å². The predicted octanol–water partition coefficient (Wildman–Crippen LogP) is 1.41. The van der Waals surface area contributed by atoms with E-state index in [9.17, 15) is 10.1 Å². The maximum atomic E-state index is 12.3. The molecule has 1 aliphatic heterocycles. The van der Waals surface area contributed by atoms with E-state index >= 15 is 0 Å². The molecule has 1 aliphatic carbocycles. The highest BCUT2D eigenvalue weighted by Crippen LogP contribution is 2.42. The molecular formula is C20H26N4O4. The average molecular weight is 386 g/mol. The summed E-state index contributed by atoms with van der Waals surface area (Å²) in [5.41, 5.74) is 0.746. The Labute approximate surface area is 165 Å². The summed E-state index contributed by atoms with van der Waals surface area (Å²) in [6, 6.07) is 7.65. The van der Waals surface area contributed by atoms with Gasteiger partial charge in [-0.15, -0.1) is 0 Å². The molecule has 0 radical (unpaired) electrons. The van der Waals surface area contributed by atoms with Crippen molar-refractivity contribution in [3.8, 4) is 6.19 Å². The van der Waals surface area contributed by atoms with Crippen LogP contribution in [0.3, 0.4) is 0 Å². The van der Waals surface area contributed by atoms with Crippen LogP contribution >= 0.6 is 0 Å². The highest BCUT2D eigenvalue weighted by molar-refractivity contribution is 5.76. The number of morpholine rings is 1. The molecule has 1 heterocycles. The Kier molecular flexibility index (Phi) is 6.65. The van der Waals surface area contributed by atoms with E-state index in [0.29, 0.717) is 13.2 Å². The quantitative estimate of drug-likeness (QED) is 0.236. The smallest absolute Gasteiger partial charge is 0.308 e.